The topological polar surface area (TPSA) is 63.4 Å². The molecular weight excluding hydrogens is 383 g/mol. The van der Waals surface area contributed by atoms with Gasteiger partial charge in [0.1, 0.15) is 36.4 Å². The Morgan fingerprint density at radius 3 is 2.63 bits per heavy atom. The fourth-order valence-corrected chi connectivity index (χ4v) is 3.56. The van der Waals surface area contributed by atoms with Crippen LogP contribution in [0.3, 0.4) is 0 Å². The number of hydrogen-bond acceptors (Lipinski definition) is 5. The van der Waals surface area contributed by atoms with Crippen molar-refractivity contribution in [2.75, 3.05) is 26.2 Å². The van der Waals surface area contributed by atoms with Gasteiger partial charge in [0.05, 0.1) is 0 Å². The molecule has 1 aromatic carbocycles. The average Bonchev–Trinajstić information content (AvgIpc) is 3.10. The first-order valence-electron chi connectivity index (χ1n) is 10.4. The van der Waals surface area contributed by atoms with Crippen molar-refractivity contribution in [1.82, 2.24) is 19.7 Å². The number of nitrogens with zero attached hydrogens (tertiary/aromatic N) is 4. The zero-order valence-electron chi connectivity index (χ0n) is 18.2. The third-order valence-electron chi connectivity index (χ3n) is 5.06. The molecule has 0 radical (unpaired) electrons. The Morgan fingerprint density at radius 2 is 2.00 bits per heavy atom. The molecule has 7 heteroatoms. The van der Waals surface area contributed by atoms with Gasteiger partial charge >= 0.3 is 0 Å². The molecule has 2 heterocycles. The molecule has 2 aromatic rings. The second-order valence-corrected chi connectivity index (χ2v) is 9.02. The smallest absolute Gasteiger partial charge is 0.135 e. The first-order valence-corrected chi connectivity index (χ1v) is 10.4. The van der Waals surface area contributed by atoms with Gasteiger partial charge in [-0.1, -0.05) is 11.8 Å². The van der Waals surface area contributed by atoms with Gasteiger partial charge in [-0.3, -0.25) is 0 Å². The summed E-state index contributed by atoms with van der Waals surface area (Å²) < 4.78 is 21.5. The summed E-state index contributed by atoms with van der Waals surface area (Å²) in [5.41, 5.74) is 0.407. The minimum Gasteiger partial charge on any atom is -0.491 e. The zero-order valence-corrected chi connectivity index (χ0v) is 18.2. The van der Waals surface area contributed by atoms with Crippen LogP contribution in [0.4, 0.5) is 4.39 Å². The molecule has 1 unspecified atom stereocenters. The van der Waals surface area contributed by atoms with Crippen LogP contribution in [-0.2, 0) is 7.05 Å². The molecule has 1 saturated heterocycles. The SMILES string of the molecule is Cn1cnnc1C1CCN(CC(O)COc2cc(F)cc(C#CC(C)(C)C)c2)CC1. The van der Waals surface area contributed by atoms with E-state index in [0.29, 0.717) is 23.8 Å². The van der Waals surface area contributed by atoms with Gasteiger partial charge in [-0.05, 0) is 58.8 Å². The molecular formula is C23H31FN4O2. The Kier molecular flexibility index (Phi) is 7.11. The van der Waals surface area contributed by atoms with E-state index >= 15 is 0 Å². The van der Waals surface area contributed by atoms with Crippen LogP contribution in [0.5, 0.6) is 5.75 Å². The largest absolute Gasteiger partial charge is 0.491 e. The van der Waals surface area contributed by atoms with Crippen LogP contribution in [-0.4, -0.2) is 57.1 Å². The Morgan fingerprint density at radius 1 is 1.27 bits per heavy atom. The van der Waals surface area contributed by atoms with Crippen LogP contribution in [0.2, 0.25) is 0 Å². The van der Waals surface area contributed by atoms with Crippen LogP contribution in [0.15, 0.2) is 24.5 Å². The zero-order chi connectivity index (χ0) is 21.7. The van der Waals surface area contributed by atoms with Crippen molar-refractivity contribution in [2.45, 2.75) is 45.6 Å². The number of rotatable bonds is 6. The Bertz CT molecular complexity index is 902. The number of ether oxygens (including phenoxy) is 1. The van der Waals surface area contributed by atoms with Crippen molar-refractivity contribution >= 4 is 0 Å². The van der Waals surface area contributed by atoms with E-state index in [1.54, 1.807) is 12.4 Å². The maximum Gasteiger partial charge on any atom is 0.135 e. The molecule has 0 saturated carbocycles. The van der Waals surface area contributed by atoms with Crippen molar-refractivity contribution in [3.63, 3.8) is 0 Å². The van der Waals surface area contributed by atoms with Gasteiger partial charge in [-0.25, -0.2) is 4.39 Å². The molecule has 0 spiro atoms. The summed E-state index contributed by atoms with van der Waals surface area (Å²) >= 11 is 0. The third-order valence-corrected chi connectivity index (χ3v) is 5.06. The molecule has 1 aliphatic heterocycles. The van der Waals surface area contributed by atoms with Crippen molar-refractivity contribution in [2.24, 2.45) is 12.5 Å². The van der Waals surface area contributed by atoms with Gasteiger partial charge in [-0.15, -0.1) is 10.2 Å². The van der Waals surface area contributed by atoms with E-state index < -0.39 is 11.9 Å². The molecule has 0 bridgehead atoms. The molecule has 0 amide bonds. The fourth-order valence-electron chi connectivity index (χ4n) is 3.56. The quantitative estimate of drug-likeness (QED) is 0.737. The highest BCUT2D eigenvalue weighted by Crippen LogP contribution is 2.26. The van der Waals surface area contributed by atoms with Gasteiger partial charge in [0.25, 0.3) is 0 Å². The second kappa shape index (κ2) is 9.59. The lowest BCUT2D eigenvalue weighted by molar-refractivity contribution is 0.0588. The number of aryl methyl sites for hydroxylation is 1. The summed E-state index contributed by atoms with van der Waals surface area (Å²) in [6.07, 6.45) is 3.05. The predicted octanol–water partition coefficient (Wildman–Crippen LogP) is 2.97. The van der Waals surface area contributed by atoms with Crippen LogP contribution in [0.25, 0.3) is 0 Å². The normalized spacial score (nSPS) is 16.7. The molecule has 1 N–H and O–H groups in total. The van der Waals surface area contributed by atoms with Gasteiger partial charge in [-0.2, -0.15) is 0 Å². The Labute approximate surface area is 178 Å². The summed E-state index contributed by atoms with van der Waals surface area (Å²) in [6.45, 7) is 8.42. The lowest BCUT2D eigenvalue weighted by atomic mass is 9.96. The number of piperidine rings is 1. The fraction of sp³-hybridized carbons (Fsp3) is 0.565. The highest BCUT2D eigenvalue weighted by atomic mass is 19.1. The average molecular weight is 415 g/mol. The highest BCUT2D eigenvalue weighted by Gasteiger charge is 2.25. The van der Waals surface area contributed by atoms with E-state index in [4.69, 9.17) is 4.74 Å². The third kappa shape index (κ3) is 6.54. The molecule has 6 nitrogen and oxygen atoms in total. The maximum absolute atomic E-state index is 13.9. The number of likely N-dealkylation sites (tertiary alicyclic amines) is 1. The Hall–Kier alpha value is -2.43. The van der Waals surface area contributed by atoms with E-state index in [2.05, 4.69) is 26.9 Å². The number of aliphatic hydroxyl groups is 1. The van der Waals surface area contributed by atoms with Crippen LogP contribution < -0.4 is 4.74 Å². The minimum absolute atomic E-state index is 0.110. The van der Waals surface area contributed by atoms with E-state index in [0.717, 1.165) is 31.8 Å². The lowest BCUT2D eigenvalue weighted by Crippen LogP contribution is -2.40. The summed E-state index contributed by atoms with van der Waals surface area (Å²) in [6, 6.07) is 4.42. The number of benzene rings is 1. The van der Waals surface area contributed by atoms with Crippen molar-refractivity contribution < 1.29 is 14.2 Å². The van der Waals surface area contributed by atoms with E-state index in [9.17, 15) is 9.50 Å². The van der Waals surface area contributed by atoms with E-state index in [-0.39, 0.29) is 12.0 Å². The predicted molar refractivity (Wildman–Crippen MR) is 114 cm³/mol. The number of halogens is 1. The first-order chi connectivity index (χ1) is 14.2. The molecule has 1 fully saturated rings. The van der Waals surface area contributed by atoms with E-state index in [1.807, 2.05) is 32.4 Å². The van der Waals surface area contributed by atoms with Gasteiger partial charge in [0.15, 0.2) is 0 Å². The van der Waals surface area contributed by atoms with Crippen molar-refractivity contribution in [3.8, 4) is 17.6 Å². The first kappa shape index (κ1) is 22.3. The standard InChI is InChI=1S/C23H31FN4O2/c1-23(2,3)8-5-17-11-19(24)13-21(12-17)30-15-20(29)14-28-9-6-18(7-10-28)22-26-25-16-27(22)4/h11-13,16,18,20,29H,6-7,9-10,14-15H2,1-4H3. The van der Waals surface area contributed by atoms with Crippen LogP contribution in [0, 0.1) is 23.1 Å². The molecule has 1 aromatic heterocycles. The number of aromatic nitrogens is 3. The summed E-state index contributed by atoms with van der Waals surface area (Å²) in [5.74, 6) is 7.49. The van der Waals surface area contributed by atoms with E-state index in [1.165, 1.54) is 12.1 Å². The second-order valence-electron chi connectivity index (χ2n) is 9.02. The maximum atomic E-state index is 13.9. The monoisotopic (exact) mass is 414 g/mol. The Balaban J connectivity index is 1.48. The summed E-state index contributed by atoms with van der Waals surface area (Å²) in [7, 11) is 1.97. The minimum atomic E-state index is -0.649. The summed E-state index contributed by atoms with van der Waals surface area (Å²) in [5, 5.41) is 18.6. The molecule has 30 heavy (non-hydrogen) atoms. The number of aliphatic hydroxyl groups excluding tert-OH is 1. The van der Waals surface area contributed by atoms with Crippen molar-refractivity contribution in [3.05, 3.63) is 41.7 Å². The molecule has 1 aliphatic rings. The number of β-amino-alcohol motifs (C(OH)–C–C–N with tert-alkyl or cyclic N) is 1. The van der Waals surface area contributed by atoms with Gasteiger partial charge in [0.2, 0.25) is 0 Å². The molecule has 162 valence electrons. The van der Waals surface area contributed by atoms with Crippen LogP contribution >= 0.6 is 0 Å². The van der Waals surface area contributed by atoms with Gasteiger partial charge < -0.3 is 19.3 Å². The molecule has 1 atom stereocenters. The highest BCUT2D eigenvalue weighted by molar-refractivity contribution is 5.41. The number of hydrogen-bond donors (Lipinski definition) is 1. The lowest BCUT2D eigenvalue weighted by Gasteiger charge is -2.32. The molecule has 3 rings (SSSR count). The van der Waals surface area contributed by atoms with Crippen molar-refractivity contribution in [1.29, 1.82) is 0 Å². The van der Waals surface area contributed by atoms with Crippen LogP contribution in [0.1, 0.15) is 50.9 Å². The summed E-state index contributed by atoms with van der Waals surface area (Å²) in [4.78, 5) is 2.23. The van der Waals surface area contributed by atoms with Gasteiger partial charge in [0, 0.05) is 36.6 Å². The molecule has 0 aliphatic carbocycles.